The van der Waals surface area contributed by atoms with Crippen LogP contribution in [0.15, 0.2) is 18.2 Å². The Morgan fingerprint density at radius 2 is 2.05 bits per heavy atom. The number of hydrogen-bond donors (Lipinski definition) is 1. The highest BCUT2D eigenvalue weighted by Gasteiger charge is 2.33. The molecule has 21 heavy (non-hydrogen) atoms. The number of nitro benzene ring substituents is 1. The molecule has 116 valence electrons. The molecular formula is C16H24N2O3. The molecule has 0 spiro atoms. The van der Waals surface area contributed by atoms with E-state index < -0.39 is 6.10 Å². The second-order valence-electron chi connectivity index (χ2n) is 6.29. The van der Waals surface area contributed by atoms with Crippen LogP contribution in [0.5, 0.6) is 0 Å². The SMILES string of the molecule is CC(C)CCN(c1ccc([C@H](C)O)cc1[N+](=O)[O-])C1CC1. The summed E-state index contributed by atoms with van der Waals surface area (Å²) < 4.78 is 0. The Morgan fingerprint density at radius 3 is 2.52 bits per heavy atom. The van der Waals surface area contributed by atoms with Crippen LogP contribution < -0.4 is 4.90 Å². The van der Waals surface area contributed by atoms with Gasteiger partial charge in [-0.1, -0.05) is 19.9 Å². The highest BCUT2D eigenvalue weighted by molar-refractivity contribution is 5.65. The lowest BCUT2D eigenvalue weighted by atomic mass is 10.1. The number of hydrogen-bond acceptors (Lipinski definition) is 4. The fraction of sp³-hybridized carbons (Fsp3) is 0.625. The van der Waals surface area contributed by atoms with Gasteiger partial charge in [0.2, 0.25) is 0 Å². The fourth-order valence-corrected chi connectivity index (χ4v) is 2.47. The third-order valence-electron chi connectivity index (χ3n) is 3.92. The van der Waals surface area contributed by atoms with Crippen LogP contribution in [-0.2, 0) is 0 Å². The predicted molar refractivity (Wildman–Crippen MR) is 83.6 cm³/mol. The van der Waals surface area contributed by atoms with Crippen molar-refractivity contribution in [3.8, 4) is 0 Å². The van der Waals surface area contributed by atoms with Crippen LogP contribution >= 0.6 is 0 Å². The van der Waals surface area contributed by atoms with Gasteiger partial charge in [-0.3, -0.25) is 10.1 Å². The van der Waals surface area contributed by atoms with E-state index in [4.69, 9.17) is 0 Å². The van der Waals surface area contributed by atoms with Crippen molar-refractivity contribution in [2.45, 2.75) is 52.2 Å². The van der Waals surface area contributed by atoms with Gasteiger partial charge < -0.3 is 10.0 Å². The van der Waals surface area contributed by atoms with Crippen molar-refractivity contribution in [3.05, 3.63) is 33.9 Å². The first-order valence-corrected chi connectivity index (χ1v) is 7.63. The van der Waals surface area contributed by atoms with Crippen molar-refractivity contribution in [2.75, 3.05) is 11.4 Å². The fourth-order valence-electron chi connectivity index (χ4n) is 2.47. The summed E-state index contributed by atoms with van der Waals surface area (Å²) in [6, 6.07) is 5.52. The van der Waals surface area contributed by atoms with Crippen LogP contribution in [0.3, 0.4) is 0 Å². The number of anilines is 1. The molecule has 1 N–H and O–H groups in total. The first-order chi connectivity index (χ1) is 9.90. The van der Waals surface area contributed by atoms with Crippen molar-refractivity contribution in [1.82, 2.24) is 0 Å². The lowest BCUT2D eigenvalue weighted by Gasteiger charge is -2.25. The molecule has 0 unspecified atom stereocenters. The first-order valence-electron chi connectivity index (χ1n) is 7.63. The molecule has 0 bridgehead atoms. The quantitative estimate of drug-likeness (QED) is 0.615. The molecular weight excluding hydrogens is 268 g/mol. The maximum absolute atomic E-state index is 11.4. The Kier molecular flexibility index (Phi) is 4.83. The normalized spacial score (nSPS) is 16.0. The van der Waals surface area contributed by atoms with Gasteiger partial charge in [-0.25, -0.2) is 0 Å². The lowest BCUT2D eigenvalue weighted by molar-refractivity contribution is -0.384. The molecule has 5 heteroatoms. The standard InChI is InChI=1S/C16H24N2O3/c1-11(2)8-9-17(14-5-6-14)15-7-4-13(12(3)19)10-16(15)18(20)21/h4,7,10-12,14,19H,5-6,8-9H2,1-3H3/t12-/m0/s1. The number of nitro groups is 1. The molecule has 0 aliphatic heterocycles. The largest absolute Gasteiger partial charge is 0.389 e. The molecule has 1 fully saturated rings. The topological polar surface area (TPSA) is 66.6 Å². The third-order valence-corrected chi connectivity index (χ3v) is 3.92. The molecule has 0 aromatic heterocycles. The Morgan fingerprint density at radius 1 is 1.38 bits per heavy atom. The predicted octanol–water partition coefficient (Wildman–Crippen LogP) is 3.66. The van der Waals surface area contributed by atoms with Crippen LogP contribution in [0.1, 0.15) is 51.7 Å². The Bertz CT molecular complexity index is 510. The minimum absolute atomic E-state index is 0.101. The summed E-state index contributed by atoms with van der Waals surface area (Å²) in [7, 11) is 0. The number of aliphatic hydroxyl groups is 1. The van der Waals surface area contributed by atoms with Crippen molar-refractivity contribution >= 4 is 11.4 Å². The minimum atomic E-state index is -0.692. The van der Waals surface area contributed by atoms with E-state index >= 15 is 0 Å². The van der Waals surface area contributed by atoms with Crippen LogP contribution in [0, 0.1) is 16.0 Å². The van der Waals surface area contributed by atoms with E-state index in [9.17, 15) is 15.2 Å². The molecule has 1 atom stereocenters. The average Bonchev–Trinajstić information content (AvgIpc) is 3.23. The van der Waals surface area contributed by atoms with Gasteiger partial charge in [0, 0.05) is 18.7 Å². The molecule has 1 saturated carbocycles. The number of nitrogens with zero attached hydrogens (tertiary/aromatic N) is 2. The lowest BCUT2D eigenvalue weighted by Crippen LogP contribution is -2.28. The summed E-state index contributed by atoms with van der Waals surface area (Å²) in [5, 5.41) is 21.0. The van der Waals surface area contributed by atoms with Gasteiger partial charge in [0.05, 0.1) is 11.0 Å². The maximum atomic E-state index is 11.4. The van der Waals surface area contributed by atoms with E-state index in [2.05, 4.69) is 18.7 Å². The van der Waals surface area contributed by atoms with Gasteiger partial charge in [0.1, 0.15) is 5.69 Å². The van der Waals surface area contributed by atoms with Gasteiger partial charge in [-0.15, -0.1) is 0 Å². The van der Waals surface area contributed by atoms with Crippen LogP contribution in [0.2, 0.25) is 0 Å². The van der Waals surface area contributed by atoms with Crippen molar-refractivity contribution in [3.63, 3.8) is 0 Å². The highest BCUT2D eigenvalue weighted by Crippen LogP contribution is 2.38. The van der Waals surface area contributed by atoms with Gasteiger partial charge in [0.15, 0.2) is 0 Å². The van der Waals surface area contributed by atoms with E-state index in [1.165, 1.54) is 6.07 Å². The second-order valence-corrected chi connectivity index (χ2v) is 6.29. The second kappa shape index (κ2) is 6.43. The van der Waals surface area contributed by atoms with Gasteiger partial charge in [-0.2, -0.15) is 0 Å². The van der Waals surface area contributed by atoms with Crippen LogP contribution in [-0.4, -0.2) is 22.6 Å². The van der Waals surface area contributed by atoms with Crippen LogP contribution in [0.4, 0.5) is 11.4 Å². The van der Waals surface area contributed by atoms with E-state index in [1.807, 2.05) is 0 Å². The van der Waals surface area contributed by atoms with Gasteiger partial charge in [-0.05, 0) is 43.7 Å². The van der Waals surface area contributed by atoms with E-state index in [-0.39, 0.29) is 10.6 Å². The molecule has 0 saturated heterocycles. The molecule has 5 nitrogen and oxygen atoms in total. The Balaban J connectivity index is 2.32. The van der Waals surface area contributed by atoms with Gasteiger partial charge in [0.25, 0.3) is 5.69 Å². The van der Waals surface area contributed by atoms with E-state index in [0.717, 1.165) is 25.8 Å². The summed E-state index contributed by atoms with van der Waals surface area (Å²) >= 11 is 0. The summed E-state index contributed by atoms with van der Waals surface area (Å²) in [5.74, 6) is 0.571. The summed E-state index contributed by atoms with van der Waals surface area (Å²) in [4.78, 5) is 13.2. The average molecular weight is 292 g/mol. The first kappa shape index (κ1) is 15.8. The summed E-state index contributed by atoms with van der Waals surface area (Å²) in [5.41, 5.74) is 1.38. The zero-order valence-corrected chi connectivity index (χ0v) is 13.0. The third kappa shape index (κ3) is 3.94. The minimum Gasteiger partial charge on any atom is -0.389 e. The van der Waals surface area contributed by atoms with E-state index in [0.29, 0.717) is 23.2 Å². The van der Waals surface area contributed by atoms with Crippen molar-refractivity contribution < 1.29 is 10.0 Å². The monoisotopic (exact) mass is 292 g/mol. The molecule has 1 aromatic carbocycles. The molecule has 0 heterocycles. The zero-order chi connectivity index (χ0) is 15.6. The summed E-state index contributed by atoms with van der Waals surface area (Å²) in [6.45, 7) is 6.79. The number of benzene rings is 1. The molecule has 1 aromatic rings. The summed E-state index contributed by atoms with van der Waals surface area (Å²) in [6.07, 6.45) is 2.54. The Labute approximate surface area is 125 Å². The molecule has 2 rings (SSSR count). The molecule has 1 aliphatic carbocycles. The number of rotatable bonds is 7. The Hall–Kier alpha value is -1.62. The van der Waals surface area contributed by atoms with Crippen LogP contribution in [0.25, 0.3) is 0 Å². The number of aliphatic hydroxyl groups excluding tert-OH is 1. The molecule has 1 aliphatic rings. The maximum Gasteiger partial charge on any atom is 0.292 e. The molecule has 0 radical (unpaired) electrons. The van der Waals surface area contributed by atoms with Gasteiger partial charge >= 0.3 is 0 Å². The van der Waals surface area contributed by atoms with Crippen molar-refractivity contribution in [1.29, 1.82) is 0 Å². The zero-order valence-electron chi connectivity index (χ0n) is 13.0. The smallest absolute Gasteiger partial charge is 0.292 e. The van der Waals surface area contributed by atoms with Crippen molar-refractivity contribution in [2.24, 2.45) is 5.92 Å². The van der Waals surface area contributed by atoms with E-state index in [1.54, 1.807) is 19.1 Å². The highest BCUT2D eigenvalue weighted by atomic mass is 16.6. The molecule has 0 amide bonds.